The highest BCUT2D eigenvalue weighted by Gasteiger charge is 2.21. The van der Waals surface area contributed by atoms with Crippen LogP contribution >= 0.6 is 11.6 Å². The molecule has 0 bridgehead atoms. The molecule has 9 heteroatoms. The summed E-state index contributed by atoms with van der Waals surface area (Å²) in [6.45, 7) is 3.96. The van der Waals surface area contributed by atoms with Crippen LogP contribution in [0.15, 0.2) is 53.1 Å². The average Bonchev–Trinajstić information content (AvgIpc) is 3.15. The van der Waals surface area contributed by atoms with Gasteiger partial charge in [-0.2, -0.15) is 4.98 Å². The molecule has 0 radical (unpaired) electrons. The molecular formula is C20H19ClN4O4. The van der Waals surface area contributed by atoms with Gasteiger partial charge in [0.05, 0.1) is 11.3 Å². The van der Waals surface area contributed by atoms with Crippen molar-refractivity contribution < 1.29 is 14.2 Å². The molecule has 2 aromatic carbocycles. The number of benzene rings is 2. The second-order valence-electron chi connectivity index (χ2n) is 6.73. The molecule has 0 saturated heterocycles. The van der Waals surface area contributed by atoms with Gasteiger partial charge in [0.25, 0.3) is 5.69 Å². The molecule has 0 aliphatic heterocycles. The standard InChI is InChI=1S/C20H19ClN4O4/c1-13(2)24(19(26)11-14-3-9-17(10-4-14)25(27)28)12-18-22-20(23-29-18)15-5-7-16(21)8-6-15/h3-10,13H,11-12H2,1-2H3. The number of nitrogens with zero attached hydrogens (tertiary/aromatic N) is 4. The molecule has 0 aliphatic rings. The molecule has 8 nitrogen and oxygen atoms in total. The van der Waals surface area contributed by atoms with Crippen LogP contribution in [0.4, 0.5) is 5.69 Å². The van der Waals surface area contributed by atoms with E-state index in [0.717, 1.165) is 5.56 Å². The first-order valence-corrected chi connectivity index (χ1v) is 9.32. The van der Waals surface area contributed by atoms with Crippen molar-refractivity contribution in [2.24, 2.45) is 0 Å². The van der Waals surface area contributed by atoms with Crippen LogP contribution in [-0.4, -0.2) is 31.9 Å². The van der Waals surface area contributed by atoms with E-state index in [1.54, 1.807) is 41.3 Å². The summed E-state index contributed by atoms with van der Waals surface area (Å²) in [5.74, 6) is 0.601. The molecular weight excluding hydrogens is 396 g/mol. The van der Waals surface area contributed by atoms with Crippen molar-refractivity contribution >= 4 is 23.2 Å². The van der Waals surface area contributed by atoms with Crippen LogP contribution in [0, 0.1) is 10.1 Å². The second kappa shape index (κ2) is 8.83. The van der Waals surface area contributed by atoms with Gasteiger partial charge in [0.1, 0.15) is 6.54 Å². The molecule has 0 N–H and O–H groups in total. The summed E-state index contributed by atoms with van der Waals surface area (Å²) in [5, 5.41) is 15.3. The van der Waals surface area contributed by atoms with Gasteiger partial charge in [0.2, 0.25) is 17.6 Å². The lowest BCUT2D eigenvalue weighted by Gasteiger charge is -2.25. The predicted octanol–water partition coefficient (Wildman–Crippen LogP) is 4.28. The molecule has 0 fully saturated rings. The van der Waals surface area contributed by atoms with Gasteiger partial charge in [-0.1, -0.05) is 28.9 Å². The van der Waals surface area contributed by atoms with Gasteiger partial charge in [-0.05, 0) is 43.7 Å². The number of non-ortho nitro benzene ring substituents is 1. The van der Waals surface area contributed by atoms with Gasteiger partial charge in [-0.3, -0.25) is 14.9 Å². The third-order valence-electron chi connectivity index (χ3n) is 4.32. The molecule has 0 spiro atoms. The van der Waals surface area contributed by atoms with Crippen LogP contribution in [-0.2, 0) is 17.8 Å². The van der Waals surface area contributed by atoms with E-state index in [2.05, 4.69) is 10.1 Å². The molecule has 150 valence electrons. The van der Waals surface area contributed by atoms with Gasteiger partial charge >= 0.3 is 0 Å². The van der Waals surface area contributed by atoms with Crippen molar-refractivity contribution in [2.75, 3.05) is 0 Å². The fourth-order valence-corrected chi connectivity index (χ4v) is 2.88. The highest BCUT2D eigenvalue weighted by atomic mass is 35.5. The third-order valence-corrected chi connectivity index (χ3v) is 4.57. The lowest BCUT2D eigenvalue weighted by atomic mass is 10.1. The zero-order valence-corrected chi connectivity index (χ0v) is 16.7. The molecule has 1 amide bonds. The molecule has 3 rings (SSSR count). The Morgan fingerprint density at radius 3 is 2.41 bits per heavy atom. The van der Waals surface area contributed by atoms with E-state index in [0.29, 0.717) is 22.3 Å². The van der Waals surface area contributed by atoms with Crippen LogP contribution in [0.25, 0.3) is 11.4 Å². The maximum Gasteiger partial charge on any atom is 0.269 e. The monoisotopic (exact) mass is 414 g/mol. The summed E-state index contributed by atoms with van der Waals surface area (Å²) in [6, 6.07) is 12.9. The van der Waals surface area contributed by atoms with Crippen molar-refractivity contribution in [3.63, 3.8) is 0 Å². The smallest absolute Gasteiger partial charge is 0.269 e. The summed E-state index contributed by atoms with van der Waals surface area (Å²) in [4.78, 5) is 29.1. The quantitative estimate of drug-likeness (QED) is 0.422. The van der Waals surface area contributed by atoms with Gasteiger partial charge in [-0.25, -0.2) is 0 Å². The zero-order valence-electron chi connectivity index (χ0n) is 15.9. The van der Waals surface area contributed by atoms with Crippen molar-refractivity contribution in [3.05, 3.63) is 75.1 Å². The van der Waals surface area contributed by atoms with Crippen molar-refractivity contribution in [1.29, 1.82) is 0 Å². The molecule has 0 atom stereocenters. The molecule has 3 aromatic rings. The first kappa shape index (κ1) is 20.5. The van der Waals surface area contributed by atoms with E-state index in [-0.39, 0.29) is 30.6 Å². The van der Waals surface area contributed by atoms with Crippen LogP contribution < -0.4 is 0 Å². The van der Waals surface area contributed by atoms with Gasteiger partial charge in [0, 0.05) is 28.8 Å². The minimum Gasteiger partial charge on any atom is -0.337 e. The van der Waals surface area contributed by atoms with Crippen LogP contribution in [0.5, 0.6) is 0 Å². The number of halogens is 1. The fourth-order valence-electron chi connectivity index (χ4n) is 2.75. The number of hydrogen-bond donors (Lipinski definition) is 0. The molecule has 0 saturated carbocycles. The van der Waals surface area contributed by atoms with E-state index in [4.69, 9.17) is 16.1 Å². The normalized spacial score (nSPS) is 10.9. The lowest BCUT2D eigenvalue weighted by molar-refractivity contribution is -0.384. The third kappa shape index (κ3) is 5.17. The summed E-state index contributed by atoms with van der Waals surface area (Å²) in [6.07, 6.45) is 0.119. The van der Waals surface area contributed by atoms with Crippen molar-refractivity contribution in [1.82, 2.24) is 15.0 Å². The van der Waals surface area contributed by atoms with Crippen LogP contribution in [0.1, 0.15) is 25.3 Å². The lowest BCUT2D eigenvalue weighted by Crippen LogP contribution is -2.37. The number of nitro groups is 1. The van der Waals surface area contributed by atoms with E-state index in [1.807, 2.05) is 13.8 Å². The summed E-state index contributed by atoms with van der Waals surface area (Å²) in [5.41, 5.74) is 1.44. The van der Waals surface area contributed by atoms with E-state index < -0.39 is 4.92 Å². The zero-order chi connectivity index (χ0) is 21.0. The number of rotatable bonds is 7. The fraction of sp³-hybridized carbons (Fsp3) is 0.250. The molecule has 0 aliphatic carbocycles. The molecule has 1 aromatic heterocycles. The van der Waals surface area contributed by atoms with E-state index in [9.17, 15) is 14.9 Å². The number of amides is 1. The Morgan fingerprint density at radius 1 is 1.17 bits per heavy atom. The van der Waals surface area contributed by atoms with Gasteiger partial charge in [-0.15, -0.1) is 0 Å². The Hall–Kier alpha value is -3.26. The Balaban J connectivity index is 1.70. The Kier molecular flexibility index (Phi) is 6.23. The molecule has 29 heavy (non-hydrogen) atoms. The number of carbonyl (C=O) groups excluding carboxylic acids is 1. The van der Waals surface area contributed by atoms with Crippen molar-refractivity contribution in [2.45, 2.75) is 32.9 Å². The first-order valence-electron chi connectivity index (χ1n) is 8.95. The summed E-state index contributed by atoms with van der Waals surface area (Å²) in [7, 11) is 0. The topological polar surface area (TPSA) is 102 Å². The summed E-state index contributed by atoms with van der Waals surface area (Å²) >= 11 is 5.89. The van der Waals surface area contributed by atoms with E-state index in [1.165, 1.54) is 12.1 Å². The van der Waals surface area contributed by atoms with Crippen molar-refractivity contribution in [3.8, 4) is 11.4 Å². The molecule has 0 unspecified atom stereocenters. The Labute approximate surface area is 172 Å². The first-order chi connectivity index (χ1) is 13.8. The second-order valence-corrected chi connectivity index (χ2v) is 7.17. The Bertz CT molecular complexity index is 1000. The van der Waals surface area contributed by atoms with Crippen LogP contribution in [0.3, 0.4) is 0 Å². The highest BCUT2D eigenvalue weighted by molar-refractivity contribution is 6.30. The minimum atomic E-state index is -0.472. The highest BCUT2D eigenvalue weighted by Crippen LogP contribution is 2.20. The summed E-state index contributed by atoms with van der Waals surface area (Å²) < 4.78 is 5.31. The number of nitro benzene ring substituents is 1. The largest absolute Gasteiger partial charge is 0.337 e. The van der Waals surface area contributed by atoms with E-state index >= 15 is 0 Å². The van der Waals surface area contributed by atoms with Gasteiger partial charge in [0.15, 0.2) is 0 Å². The molecule has 1 heterocycles. The maximum absolute atomic E-state index is 12.8. The predicted molar refractivity (Wildman–Crippen MR) is 107 cm³/mol. The maximum atomic E-state index is 12.8. The SMILES string of the molecule is CC(C)N(Cc1nc(-c2ccc(Cl)cc2)no1)C(=O)Cc1ccc([N+](=O)[O-])cc1. The number of hydrogen-bond acceptors (Lipinski definition) is 6. The number of aromatic nitrogens is 2. The van der Waals surface area contributed by atoms with Gasteiger partial charge < -0.3 is 9.42 Å². The Morgan fingerprint density at radius 2 is 1.83 bits per heavy atom. The minimum absolute atomic E-state index is 0.0116. The van der Waals surface area contributed by atoms with Crippen LogP contribution in [0.2, 0.25) is 5.02 Å². The number of carbonyl (C=O) groups is 1. The average molecular weight is 415 g/mol.